The van der Waals surface area contributed by atoms with Crippen LogP contribution in [0.2, 0.25) is 5.02 Å². The first-order valence-electron chi connectivity index (χ1n) is 6.26. The maximum atomic E-state index is 11.8. The molecule has 1 amide bonds. The molecule has 1 atom stereocenters. The third-order valence-corrected chi connectivity index (χ3v) is 3.18. The maximum Gasteiger partial charge on any atom is 0.326 e. The predicted octanol–water partition coefficient (Wildman–Crippen LogP) is 1.41. The number of benzene rings is 1. The Bertz CT molecular complexity index is 532. The van der Waals surface area contributed by atoms with Crippen molar-refractivity contribution in [2.75, 3.05) is 7.11 Å². The summed E-state index contributed by atoms with van der Waals surface area (Å²) in [5.41, 5.74) is 0.605. The number of amides is 1. The monoisotopic (exact) mass is 313 g/mol. The fourth-order valence-electron chi connectivity index (χ4n) is 1.68. The zero-order chi connectivity index (χ0) is 15.8. The Morgan fingerprint density at radius 3 is 2.57 bits per heavy atom. The van der Waals surface area contributed by atoms with Gasteiger partial charge in [-0.1, -0.05) is 29.8 Å². The quantitative estimate of drug-likeness (QED) is 0.742. The zero-order valence-electron chi connectivity index (χ0n) is 11.5. The van der Waals surface area contributed by atoms with Gasteiger partial charge in [-0.25, -0.2) is 4.79 Å². The average Bonchev–Trinajstić information content (AvgIpc) is 2.45. The second kappa shape index (κ2) is 8.26. The van der Waals surface area contributed by atoms with Gasteiger partial charge in [-0.15, -0.1) is 0 Å². The number of ether oxygens (including phenoxy) is 1. The molecule has 0 bridgehead atoms. The molecule has 0 radical (unpaired) electrons. The molecule has 114 valence electrons. The van der Waals surface area contributed by atoms with E-state index in [0.29, 0.717) is 10.6 Å². The minimum atomic E-state index is -1.20. The number of methoxy groups -OCH3 is 1. The summed E-state index contributed by atoms with van der Waals surface area (Å²) in [4.78, 5) is 33.9. The normalized spacial score (nSPS) is 11.5. The minimum absolute atomic E-state index is 0.0261. The summed E-state index contributed by atoms with van der Waals surface area (Å²) in [5.74, 6) is -2.20. The molecule has 0 aliphatic carbocycles. The van der Waals surface area contributed by atoms with Crippen molar-refractivity contribution in [1.82, 2.24) is 5.32 Å². The lowest BCUT2D eigenvalue weighted by Gasteiger charge is -2.14. The molecule has 2 N–H and O–H groups in total. The number of carboxylic acid groups (broad SMARTS) is 1. The zero-order valence-corrected chi connectivity index (χ0v) is 12.2. The highest BCUT2D eigenvalue weighted by molar-refractivity contribution is 6.31. The number of halogens is 1. The molecular formula is C14H16ClNO5. The molecule has 1 rings (SSSR count). The Morgan fingerprint density at radius 1 is 1.33 bits per heavy atom. The van der Waals surface area contributed by atoms with Crippen LogP contribution in [0.1, 0.15) is 18.4 Å². The fraction of sp³-hybridized carbons (Fsp3) is 0.357. The van der Waals surface area contributed by atoms with Crippen molar-refractivity contribution in [2.24, 2.45) is 0 Å². The minimum Gasteiger partial charge on any atom is -0.480 e. The fourth-order valence-corrected chi connectivity index (χ4v) is 1.88. The maximum absolute atomic E-state index is 11.8. The first-order valence-corrected chi connectivity index (χ1v) is 6.64. The largest absolute Gasteiger partial charge is 0.480 e. The molecule has 0 aliphatic rings. The predicted molar refractivity (Wildman–Crippen MR) is 76.0 cm³/mol. The molecule has 1 aromatic rings. The van der Waals surface area contributed by atoms with E-state index in [4.69, 9.17) is 16.7 Å². The summed E-state index contributed by atoms with van der Waals surface area (Å²) in [7, 11) is 1.22. The highest BCUT2D eigenvalue weighted by Gasteiger charge is 2.21. The number of carbonyl (C=O) groups excluding carboxylic acids is 2. The number of hydrogen-bond acceptors (Lipinski definition) is 4. The second-order valence-electron chi connectivity index (χ2n) is 4.34. The molecule has 0 fully saturated rings. The Kier molecular flexibility index (Phi) is 6.68. The standard InChI is InChI=1S/C14H16ClNO5/c1-21-13(18)7-6-11(14(19)20)16-12(17)8-9-4-2-3-5-10(9)15/h2-5,11H,6-8H2,1H3,(H,16,17)(H,19,20)/t11-/m1/s1. The van der Waals surface area contributed by atoms with Gasteiger partial charge >= 0.3 is 11.9 Å². The van der Waals surface area contributed by atoms with E-state index in [9.17, 15) is 14.4 Å². The molecule has 0 heterocycles. The Labute approximate surface area is 127 Å². The van der Waals surface area contributed by atoms with Gasteiger partial charge in [0.05, 0.1) is 13.5 Å². The van der Waals surface area contributed by atoms with Crippen LogP contribution < -0.4 is 5.32 Å². The summed E-state index contributed by atoms with van der Waals surface area (Å²) in [6.45, 7) is 0. The van der Waals surface area contributed by atoms with E-state index in [-0.39, 0.29) is 19.3 Å². The third kappa shape index (κ3) is 5.83. The van der Waals surface area contributed by atoms with Crippen molar-refractivity contribution in [3.63, 3.8) is 0 Å². The number of esters is 1. The van der Waals surface area contributed by atoms with Gasteiger partial charge in [0, 0.05) is 11.4 Å². The number of carboxylic acids is 1. The smallest absolute Gasteiger partial charge is 0.326 e. The topological polar surface area (TPSA) is 92.7 Å². The lowest BCUT2D eigenvalue weighted by molar-refractivity contribution is -0.144. The van der Waals surface area contributed by atoms with Gasteiger partial charge in [0.1, 0.15) is 6.04 Å². The van der Waals surface area contributed by atoms with E-state index in [1.165, 1.54) is 7.11 Å². The molecule has 21 heavy (non-hydrogen) atoms. The van der Waals surface area contributed by atoms with Crippen LogP contribution in [0.3, 0.4) is 0 Å². The van der Waals surface area contributed by atoms with Crippen molar-refractivity contribution >= 4 is 29.4 Å². The van der Waals surface area contributed by atoms with Crippen LogP contribution in [0.25, 0.3) is 0 Å². The highest BCUT2D eigenvalue weighted by atomic mass is 35.5. The Hall–Kier alpha value is -2.08. The Morgan fingerprint density at radius 2 is 2.00 bits per heavy atom. The van der Waals surface area contributed by atoms with Crippen LogP contribution in [-0.4, -0.2) is 36.1 Å². The molecule has 0 spiro atoms. The van der Waals surface area contributed by atoms with Gasteiger partial charge in [-0.3, -0.25) is 9.59 Å². The van der Waals surface area contributed by atoms with E-state index in [1.807, 2.05) is 0 Å². The number of carbonyl (C=O) groups is 3. The average molecular weight is 314 g/mol. The lowest BCUT2D eigenvalue weighted by Crippen LogP contribution is -2.41. The highest BCUT2D eigenvalue weighted by Crippen LogP contribution is 2.15. The van der Waals surface area contributed by atoms with Crippen molar-refractivity contribution in [3.05, 3.63) is 34.9 Å². The summed E-state index contributed by atoms with van der Waals surface area (Å²) in [5, 5.41) is 11.8. The van der Waals surface area contributed by atoms with Crippen molar-refractivity contribution in [1.29, 1.82) is 0 Å². The molecule has 0 saturated carbocycles. The Balaban J connectivity index is 2.58. The van der Waals surface area contributed by atoms with Gasteiger partial charge in [-0.05, 0) is 18.1 Å². The van der Waals surface area contributed by atoms with Crippen molar-refractivity contribution < 1.29 is 24.2 Å². The second-order valence-corrected chi connectivity index (χ2v) is 4.75. The number of hydrogen-bond donors (Lipinski definition) is 2. The SMILES string of the molecule is COC(=O)CC[C@@H](NC(=O)Cc1ccccc1Cl)C(=O)O. The number of nitrogens with one attached hydrogen (secondary N) is 1. The van der Waals surface area contributed by atoms with Gasteiger partial charge < -0.3 is 15.2 Å². The first kappa shape index (κ1) is 17.0. The third-order valence-electron chi connectivity index (χ3n) is 2.81. The van der Waals surface area contributed by atoms with Crippen LogP contribution in [-0.2, 0) is 25.5 Å². The molecule has 6 nitrogen and oxygen atoms in total. The molecular weight excluding hydrogens is 298 g/mol. The lowest BCUT2D eigenvalue weighted by atomic mass is 10.1. The van der Waals surface area contributed by atoms with Crippen molar-refractivity contribution in [3.8, 4) is 0 Å². The molecule has 0 unspecified atom stereocenters. The van der Waals surface area contributed by atoms with E-state index < -0.39 is 23.9 Å². The molecule has 7 heteroatoms. The van der Waals surface area contributed by atoms with Crippen LogP contribution in [0, 0.1) is 0 Å². The van der Waals surface area contributed by atoms with Crippen LogP contribution in [0.5, 0.6) is 0 Å². The van der Waals surface area contributed by atoms with Gasteiger partial charge in [0.25, 0.3) is 0 Å². The first-order chi connectivity index (χ1) is 9.93. The van der Waals surface area contributed by atoms with E-state index in [1.54, 1.807) is 24.3 Å². The summed E-state index contributed by atoms with van der Waals surface area (Å²) in [6, 6.07) is 5.67. The van der Waals surface area contributed by atoms with Crippen LogP contribution in [0.4, 0.5) is 0 Å². The number of rotatable bonds is 7. The van der Waals surface area contributed by atoms with Crippen molar-refractivity contribution in [2.45, 2.75) is 25.3 Å². The molecule has 1 aromatic carbocycles. The van der Waals surface area contributed by atoms with Crippen LogP contribution in [0.15, 0.2) is 24.3 Å². The molecule has 0 aliphatic heterocycles. The molecule has 0 saturated heterocycles. The van der Waals surface area contributed by atoms with E-state index in [2.05, 4.69) is 10.1 Å². The summed E-state index contributed by atoms with van der Waals surface area (Å²) >= 11 is 5.93. The number of aliphatic carboxylic acids is 1. The summed E-state index contributed by atoms with van der Waals surface area (Å²) in [6.07, 6.45) is -0.141. The van der Waals surface area contributed by atoms with E-state index in [0.717, 1.165) is 0 Å². The van der Waals surface area contributed by atoms with Gasteiger partial charge in [-0.2, -0.15) is 0 Å². The van der Waals surface area contributed by atoms with Crippen LogP contribution >= 0.6 is 11.6 Å². The summed E-state index contributed by atoms with van der Waals surface area (Å²) < 4.78 is 4.43. The van der Waals surface area contributed by atoms with Gasteiger partial charge in [0.2, 0.25) is 5.91 Å². The van der Waals surface area contributed by atoms with E-state index >= 15 is 0 Å². The van der Waals surface area contributed by atoms with Gasteiger partial charge in [0.15, 0.2) is 0 Å². The molecule has 0 aromatic heterocycles.